The first kappa shape index (κ1) is 17.5. The fourth-order valence-electron chi connectivity index (χ4n) is 3.15. The van der Waals surface area contributed by atoms with Crippen LogP contribution in [0.1, 0.15) is 49.4 Å². The molecule has 8 heteroatoms. The zero-order valence-corrected chi connectivity index (χ0v) is 15.2. The van der Waals surface area contributed by atoms with Crippen LogP contribution in [0.4, 0.5) is 0 Å². The lowest BCUT2D eigenvalue weighted by atomic mass is 9.89. The molecule has 0 aliphatic heterocycles. The van der Waals surface area contributed by atoms with Crippen molar-refractivity contribution in [2.45, 2.75) is 38.0 Å². The number of phenols is 1. The number of methoxy groups -OCH3 is 2. The van der Waals surface area contributed by atoms with Gasteiger partial charge in [-0.1, -0.05) is 19.3 Å². The molecule has 0 atom stereocenters. The van der Waals surface area contributed by atoms with Crippen LogP contribution in [0.15, 0.2) is 17.2 Å². The second-order valence-electron chi connectivity index (χ2n) is 6.05. The molecule has 1 aromatic carbocycles. The highest BCUT2D eigenvalue weighted by Crippen LogP contribution is 2.36. The molecule has 1 aliphatic carbocycles. The zero-order valence-electron chi connectivity index (χ0n) is 14.4. The number of aromatic hydroxyl groups is 1. The SMILES string of the molecule is COc1cc(C=Nn2c(C3CCCCC3)n[nH]c2=S)cc(OC)c1O. The number of rotatable bonds is 5. The number of phenolic OH excluding ortho intramolecular Hbond substituents is 1. The lowest BCUT2D eigenvalue weighted by Gasteiger charge is -2.19. The van der Waals surface area contributed by atoms with Gasteiger partial charge < -0.3 is 14.6 Å². The Hall–Kier alpha value is -2.35. The molecule has 1 heterocycles. The van der Waals surface area contributed by atoms with Crippen molar-refractivity contribution >= 4 is 18.4 Å². The number of H-pyrrole nitrogens is 1. The van der Waals surface area contributed by atoms with Crippen LogP contribution in [0.2, 0.25) is 0 Å². The first-order valence-corrected chi connectivity index (χ1v) is 8.71. The van der Waals surface area contributed by atoms with Crippen LogP contribution in [0.3, 0.4) is 0 Å². The quantitative estimate of drug-likeness (QED) is 0.627. The molecule has 2 N–H and O–H groups in total. The van der Waals surface area contributed by atoms with Gasteiger partial charge in [-0.25, -0.2) is 0 Å². The fourth-order valence-corrected chi connectivity index (χ4v) is 3.34. The summed E-state index contributed by atoms with van der Waals surface area (Å²) < 4.78 is 12.5. The normalized spacial score (nSPS) is 15.6. The first-order chi connectivity index (χ1) is 12.1. The molecule has 1 aromatic heterocycles. The molecule has 3 rings (SSSR count). The molecule has 1 saturated carbocycles. The minimum atomic E-state index is -0.0371. The smallest absolute Gasteiger partial charge is 0.216 e. The van der Waals surface area contributed by atoms with Gasteiger partial charge in [0, 0.05) is 11.5 Å². The average Bonchev–Trinajstić information content (AvgIpc) is 3.02. The Morgan fingerprint density at radius 1 is 1.24 bits per heavy atom. The maximum Gasteiger partial charge on any atom is 0.216 e. The molecule has 0 radical (unpaired) electrons. The Morgan fingerprint density at radius 2 is 1.88 bits per heavy atom. The predicted molar refractivity (Wildman–Crippen MR) is 97.4 cm³/mol. The molecule has 2 aromatic rings. The number of nitrogens with zero attached hydrogens (tertiary/aromatic N) is 3. The molecule has 0 spiro atoms. The van der Waals surface area contributed by atoms with E-state index in [9.17, 15) is 5.11 Å². The van der Waals surface area contributed by atoms with E-state index in [0.717, 1.165) is 24.2 Å². The van der Waals surface area contributed by atoms with Crippen LogP contribution in [0.5, 0.6) is 17.2 Å². The Labute approximate surface area is 151 Å². The number of ether oxygens (including phenoxy) is 2. The van der Waals surface area contributed by atoms with Crippen molar-refractivity contribution in [3.05, 3.63) is 28.3 Å². The van der Waals surface area contributed by atoms with Crippen LogP contribution in [0, 0.1) is 4.77 Å². The molecule has 25 heavy (non-hydrogen) atoms. The van der Waals surface area contributed by atoms with Crippen LogP contribution < -0.4 is 9.47 Å². The van der Waals surface area contributed by atoms with Crippen LogP contribution in [-0.4, -0.2) is 40.4 Å². The third-order valence-electron chi connectivity index (χ3n) is 4.47. The highest BCUT2D eigenvalue weighted by molar-refractivity contribution is 7.71. The summed E-state index contributed by atoms with van der Waals surface area (Å²) in [7, 11) is 2.98. The van der Waals surface area contributed by atoms with Gasteiger partial charge in [0.05, 0.1) is 20.4 Å². The minimum absolute atomic E-state index is 0.0371. The molecule has 0 unspecified atom stereocenters. The third-order valence-corrected chi connectivity index (χ3v) is 4.73. The summed E-state index contributed by atoms with van der Waals surface area (Å²) in [6, 6.07) is 3.37. The second kappa shape index (κ2) is 7.69. The lowest BCUT2D eigenvalue weighted by Crippen LogP contribution is -2.10. The third kappa shape index (κ3) is 3.68. The lowest BCUT2D eigenvalue weighted by molar-refractivity contribution is 0.340. The number of aromatic nitrogens is 3. The predicted octanol–water partition coefficient (Wildman–Crippen LogP) is 3.59. The van der Waals surface area contributed by atoms with Gasteiger partial charge in [0.15, 0.2) is 17.3 Å². The molecular weight excluding hydrogens is 340 g/mol. The number of aromatic amines is 1. The van der Waals surface area contributed by atoms with Crippen molar-refractivity contribution in [3.8, 4) is 17.2 Å². The summed E-state index contributed by atoms with van der Waals surface area (Å²) in [5.41, 5.74) is 0.726. The van der Waals surface area contributed by atoms with E-state index in [1.165, 1.54) is 33.5 Å². The van der Waals surface area contributed by atoms with Crippen molar-refractivity contribution in [2.24, 2.45) is 5.10 Å². The van der Waals surface area contributed by atoms with E-state index in [-0.39, 0.29) is 5.75 Å². The monoisotopic (exact) mass is 362 g/mol. The van der Waals surface area contributed by atoms with E-state index in [1.807, 2.05) is 0 Å². The van der Waals surface area contributed by atoms with Gasteiger partial charge in [-0.05, 0) is 37.2 Å². The average molecular weight is 362 g/mol. The summed E-state index contributed by atoms with van der Waals surface area (Å²) in [6.45, 7) is 0. The van der Waals surface area contributed by atoms with Crippen molar-refractivity contribution in [2.75, 3.05) is 14.2 Å². The molecule has 0 amide bonds. The maximum atomic E-state index is 9.99. The molecule has 7 nitrogen and oxygen atoms in total. The fraction of sp³-hybridized carbons (Fsp3) is 0.471. The summed E-state index contributed by atoms with van der Waals surface area (Å²) in [6.07, 6.45) is 7.56. The second-order valence-corrected chi connectivity index (χ2v) is 6.44. The molecule has 0 bridgehead atoms. The molecule has 1 aliphatic rings. The van der Waals surface area contributed by atoms with E-state index < -0.39 is 0 Å². The van der Waals surface area contributed by atoms with E-state index in [1.54, 1.807) is 23.0 Å². The van der Waals surface area contributed by atoms with Crippen LogP contribution in [0.25, 0.3) is 0 Å². The maximum absolute atomic E-state index is 9.99. The van der Waals surface area contributed by atoms with E-state index in [0.29, 0.717) is 22.2 Å². The number of nitrogens with one attached hydrogen (secondary N) is 1. The first-order valence-electron chi connectivity index (χ1n) is 8.30. The largest absolute Gasteiger partial charge is 0.502 e. The molecule has 1 fully saturated rings. The van der Waals surface area contributed by atoms with Gasteiger partial charge in [-0.3, -0.25) is 5.10 Å². The van der Waals surface area contributed by atoms with Crippen molar-refractivity contribution in [1.82, 2.24) is 14.9 Å². The van der Waals surface area contributed by atoms with Crippen molar-refractivity contribution in [1.29, 1.82) is 0 Å². The van der Waals surface area contributed by atoms with Crippen molar-refractivity contribution < 1.29 is 14.6 Å². The Balaban J connectivity index is 1.92. The van der Waals surface area contributed by atoms with Crippen LogP contribution >= 0.6 is 12.2 Å². The molecular formula is C17H22N4O3S. The van der Waals surface area contributed by atoms with E-state index >= 15 is 0 Å². The van der Waals surface area contributed by atoms with Gasteiger partial charge in [0.25, 0.3) is 0 Å². The van der Waals surface area contributed by atoms with Gasteiger partial charge in [-0.2, -0.15) is 14.9 Å². The van der Waals surface area contributed by atoms with Gasteiger partial charge in [0.2, 0.25) is 10.5 Å². The van der Waals surface area contributed by atoms with Gasteiger partial charge in [0.1, 0.15) is 0 Å². The highest BCUT2D eigenvalue weighted by Gasteiger charge is 2.21. The van der Waals surface area contributed by atoms with E-state index in [2.05, 4.69) is 15.3 Å². The van der Waals surface area contributed by atoms with Gasteiger partial charge in [-0.15, -0.1) is 0 Å². The topological polar surface area (TPSA) is 84.7 Å². The number of hydrogen-bond acceptors (Lipinski definition) is 6. The summed E-state index contributed by atoms with van der Waals surface area (Å²) in [5, 5.41) is 21.7. The molecule has 134 valence electrons. The Morgan fingerprint density at radius 3 is 2.48 bits per heavy atom. The zero-order chi connectivity index (χ0) is 17.8. The summed E-state index contributed by atoms with van der Waals surface area (Å²) in [5.74, 6) is 1.86. The Kier molecular flexibility index (Phi) is 5.37. The van der Waals surface area contributed by atoms with E-state index in [4.69, 9.17) is 21.7 Å². The van der Waals surface area contributed by atoms with Crippen LogP contribution in [-0.2, 0) is 0 Å². The number of hydrogen-bond donors (Lipinski definition) is 2. The van der Waals surface area contributed by atoms with Crippen molar-refractivity contribution in [3.63, 3.8) is 0 Å². The summed E-state index contributed by atoms with van der Waals surface area (Å²) in [4.78, 5) is 0. The van der Waals surface area contributed by atoms with Gasteiger partial charge >= 0.3 is 0 Å². The Bertz CT molecular complexity index is 797. The standard InChI is InChI=1S/C17H22N4O3S/c1-23-13-8-11(9-14(24-2)15(13)22)10-18-21-16(19-20-17(21)25)12-6-4-3-5-7-12/h8-10,12,22H,3-7H2,1-2H3,(H,20,25). The minimum Gasteiger partial charge on any atom is -0.502 e. The number of benzene rings is 1. The molecule has 0 saturated heterocycles. The highest BCUT2D eigenvalue weighted by atomic mass is 32.1. The summed E-state index contributed by atoms with van der Waals surface area (Å²) >= 11 is 5.32.